The van der Waals surface area contributed by atoms with Crippen LogP contribution in [0.1, 0.15) is 12.8 Å². The van der Waals surface area contributed by atoms with Gasteiger partial charge in [-0.3, -0.25) is 9.59 Å². The number of carbonyl (C=O) groups is 2. The van der Waals surface area contributed by atoms with Crippen molar-refractivity contribution in [2.24, 2.45) is 0 Å². The van der Waals surface area contributed by atoms with Gasteiger partial charge in [-0.25, -0.2) is 0 Å². The molecule has 1 aliphatic heterocycles. The fourth-order valence-electron chi connectivity index (χ4n) is 2.19. The molecule has 1 aromatic carbocycles. The first-order chi connectivity index (χ1) is 9.52. The van der Waals surface area contributed by atoms with E-state index in [1.54, 1.807) is 18.2 Å². The number of benzene rings is 1. The minimum atomic E-state index is -0.633. The molecule has 0 spiro atoms. The molecule has 2 amide bonds. The molecule has 1 fully saturated rings. The summed E-state index contributed by atoms with van der Waals surface area (Å²) < 4.78 is 0. The molecule has 2 N–H and O–H groups in total. The van der Waals surface area contributed by atoms with Gasteiger partial charge in [-0.15, -0.1) is 0 Å². The lowest BCUT2D eigenvalue weighted by Gasteiger charge is -2.33. The van der Waals surface area contributed by atoms with E-state index in [2.05, 4.69) is 5.32 Å². The van der Waals surface area contributed by atoms with Crippen molar-refractivity contribution in [3.8, 4) is 0 Å². The van der Waals surface area contributed by atoms with Crippen LogP contribution in [0.4, 0.5) is 5.69 Å². The van der Waals surface area contributed by atoms with Crippen molar-refractivity contribution in [3.63, 3.8) is 0 Å². The second-order valence-corrected chi connectivity index (χ2v) is 5.35. The monoisotopic (exact) mass is 316 g/mol. The van der Waals surface area contributed by atoms with Gasteiger partial charge < -0.3 is 15.3 Å². The first-order valence-corrected chi connectivity index (χ1v) is 6.95. The van der Waals surface area contributed by atoms with Crippen LogP contribution >= 0.6 is 23.2 Å². The van der Waals surface area contributed by atoms with Gasteiger partial charge in [-0.05, 0) is 31.0 Å². The zero-order chi connectivity index (χ0) is 14.7. The standard InChI is InChI=1S/C13H14Cl2N2O3/c14-8-3-4-11(9(15)6-8)17-5-1-2-10(13(17)20)16-12(19)7-18/h3-4,6,10,18H,1-2,5,7H2,(H,16,19). The first-order valence-electron chi connectivity index (χ1n) is 6.19. The molecule has 0 aromatic heterocycles. The van der Waals surface area contributed by atoms with Crippen LogP contribution in [0, 0.1) is 0 Å². The highest BCUT2D eigenvalue weighted by molar-refractivity contribution is 6.36. The highest BCUT2D eigenvalue weighted by Crippen LogP contribution is 2.31. The zero-order valence-corrected chi connectivity index (χ0v) is 12.1. The fourth-order valence-corrected chi connectivity index (χ4v) is 2.70. The van der Waals surface area contributed by atoms with E-state index < -0.39 is 18.6 Å². The molecule has 2 rings (SSSR count). The van der Waals surface area contributed by atoms with Crippen molar-refractivity contribution in [1.82, 2.24) is 5.32 Å². The van der Waals surface area contributed by atoms with Crippen molar-refractivity contribution in [2.45, 2.75) is 18.9 Å². The van der Waals surface area contributed by atoms with Gasteiger partial charge in [0, 0.05) is 11.6 Å². The predicted octanol–water partition coefficient (Wildman–Crippen LogP) is 1.60. The van der Waals surface area contributed by atoms with Gasteiger partial charge in [-0.1, -0.05) is 23.2 Å². The molecule has 0 aliphatic carbocycles. The molecule has 0 saturated carbocycles. The van der Waals surface area contributed by atoms with Gasteiger partial charge in [0.1, 0.15) is 12.6 Å². The molecule has 20 heavy (non-hydrogen) atoms. The van der Waals surface area contributed by atoms with Crippen molar-refractivity contribution < 1.29 is 14.7 Å². The van der Waals surface area contributed by atoms with Crippen LogP contribution in [0.25, 0.3) is 0 Å². The maximum atomic E-state index is 12.4. The summed E-state index contributed by atoms with van der Waals surface area (Å²) in [5, 5.41) is 12.1. The van der Waals surface area contributed by atoms with Gasteiger partial charge in [0.2, 0.25) is 11.8 Å². The van der Waals surface area contributed by atoms with Gasteiger partial charge >= 0.3 is 0 Å². The number of anilines is 1. The number of rotatable bonds is 3. The van der Waals surface area contributed by atoms with Crippen LogP contribution in [0.15, 0.2) is 18.2 Å². The average molecular weight is 317 g/mol. The van der Waals surface area contributed by atoms with E-state index in [4.69, 9.17) is 28.3 Å². The third kappa shape index (κ3) is 3.23. The van der Waals surface area contributed by atoms with E-state index in [0.29, 0.717) is 28.7 Å². The molecule has 7 heteroatoms. The average Bonchev–Trinajstić information content (AvgIpc) is 2.42. The minimum absolute atomic E-state index is 0.234. The second kappa shape index (κ2) is 6.43. The van der Waals surface area contributed by atoms with Crippen LogP contribution in [0.2, 0.25) is 10.0 Å². The molecule has 0 radical (unpaired) electrons. The number of halogens is 2. The van der Waals surface area contributed by atoms with Crippen LogP contribution in [0.5, 0.6) is 0 Å². The Morgan fingerprint density at radius 3 is 2.85 bits per heavy atom. The molecule has 1 aromatic rings. The maximum absolute atomic E-state index is 12.4. The largest absolute Gasteiger partial charge is 0.387 e. The lowest BCUT2D eigenvalue weighted by molar-refractivity contribution is -0.130. The van der Waals surface area contributed by atoms with Crippen LogP contribution in [0.3, 0.4) is 0 Å². The summed E-state index contributed by atoms with van der Waals surface area (Å²) in [5.74, 6) is -0.797. The Labute approximate surface area is 126 Å². The second-order valence-electron chi connectivity index (χ2n) is 4.51. The van der Waals surface area contributed by atoms with Crippen LogP contribution < -0.4 is 10.2 Å². The molecular formula is C13H14Cl2N2O3. The summed E-state index contributed by atoms with van der Waals surface area (Å²) in [6, 6.07) is 4.28. The number of carbonyl (C=O) groups excluding carboxylic acids is 2. The molecule has 1 unspecified atom stereocenters. The van der Waals surface area contributed by atoms with Crippen molar-refractivity contribution in [1.29, 1.82) is 0 Å². The molecule has 1 saturated heterocycles. The molecule has 108 valence electrons. The van der Waals surface area contributed by atoms with E-state index >= 15 is 0 Å². The van der Waals surface area contributed by atoms with Gasteiger partial charge in [0.25, 0.3) is 0 Å². The molecular weight excluding hydrogens is 303 g/mol. The molecule has 1 atom stereocenters. The molecule has 1 heterocycles. The van der Waals surface area contributed by atoms with Gasteiger partial charge in [-0.2, -0.15) is 0 Å². The highest BCUT2D eigenvalue weighted by Gasteiger charge is 2.31. The lowest BCUT2D eigenvalue weighted by Crippen LogP contribution is -2.53. The Bertz CT molecular complexity index is 536. The van der Waals surface area contributed by atoms with Gasteiger partial charge in [0.15, 0.2) is 0 Å². The highest BCUT2D eigenvalue weighted by atomic mass is 35.5. The molecule has 0 bridgehead atoms. The predicted molar refractivity (Wildman–Crippen MR) is 77.1 cm³/mol. The van der Waals surface area contributed by atoms with Crippen molar-refractivity contribution in [3.05, 3.63) is 28.2 Å². The quantitative estimate of drug-likeness (QED) is 0.890. The van der Waals surface area contributed by atoms with Crippen molar-refractivity contribution >= 4 is 40.7 Å². The molecule has 5 nitrogen and oxygen atoms in total. The number of hydrogen-bond acceptors (Lipinski definition) is 3. The number of aliphatic hydroxyl groups is 1. The Balaban J connectivity index is 2.19. The van der Waals surface area contributed by atoms with Gasteiger partial charge in [0.05, 0.1) is 10.7 Å². The normalized spacial score (nSPS) is 19.1. The summed E-state index contributed by atoms with van der Waals surface area (Å²) in [6.45, 7) is -0.100. The smallest absolute Gasteiger partial charge is 0.249 e. The number of aliphatic hydroxyl groups excluding tert-OH is 1. The molecule has 1 aliphatic rings. The summed E-state index contributed by atoms with van der Waals surface area (Å²) in [7, 11) is 0. The summed E-state index contributed by atoms with van der Waals surface area (Å²) in [5.41, 5.74) is 0.573. The zero-order valence-electron chi connectivity index (χ0n) is 10.6. The lowest BCUT2D eigenvalue weighted by atomic mass is 10.0. The number of hydrogen-bond donors (Lipinski definition) is 2. The Morgan fingerprint density at radius 1 is 1.45 bits per heavy atom. The summed E-state index contributed by atoms with van der Waals surface area (Å²) in [4.78, 5) is 25.1. The van der Waals surface area contributed by atoms with E-state index in [-0.39, 0.29) is 5.91 Å². The maximum Gasteiger partial charge on any atom is 0.249 e. The Kier molecular flexibility index (Phi) is 4.86. The summed E-state index contributed by atoms with van der Waals surface area (Å²) >= 11 is 11.9. The Hall–Kier alpha value is -1.30. The SMILES string of the molecule is O=C(CO)NC1CCCN(c2ccc(Cl)cc2Cl)C1=O. The number of piperidine rings is 1. The summed E-state index contributed by atoms with van der Waals surface area (Å²) in [6.07, 6.45) is 1.29. The third-order valence-electron chi connectivity index (χ3n) is 3.12. The van der Waals surface area contributed by atoms with Crippen LogP contribution in [-0.2, 0) is 9.59 Å². The van der Waals surface area contributed by atoms with E-state index in [1.165, 1.54) is 4.90 Å². The first kappa shape index (κ1) is 15.1. The fraction of sp³-hybridized carbons (Fsp3) is 0.385. The number of amides is 2. The minimum Gasteiger partial charge on any atom is -0.387 e. The third-order valence-corrected chi connectivity index (χ3v) is 3.66. The topological polar surface area (TPSA) is 69.6 Å². The van der Waals surface area contributed by atoms with Crippen molar-refractivity contribution in [2.75, 3.05) is 18.1 Å². The number of nitrogens with one attached hydrogen (secondary N) is 1. The van der Waals surface area contributed by atoms with Crippen LogP contribution in [-0.4, -0.2) is 36.1 Å². The van der Waals surface area contributed by atoms with E-state index in [0.717, 1.165) is 6.42 Å². The Morgan fingerprint density at radius 2 is 2.20 bits per heavy atom. The van der Waals surface area contributed by atoms with E-state index in [1.807, 2.05) is 0 Å². The number of nitrogens with zero attached hydrogens (tertiary/aromatic N) is 1. The van der Waals surface area contributed by atoms with E-state index in [9.17, 15) is 9.59 Å².